The summed E-state index contributed by atoms with van der Waals surface area (Å²) < 4.78 is 5.91. The molecule has 0 aliphatic carbocycles. The highest BCUT2D eigenvalue weighted by Gasteiger charge is 2.28. The van der Waals surface area contributed by atoms with Crippen molar-refractivity contribution in [2.24, 2.45) is 0 Å². The van der Waals surface area contributed by atoms with E-state index in [1.165, 1.54) is 11.3 Å². The van der Waals surface area contributed by atoms with Gasteiger partial charge in [0, 0.05) is 49.2 Å². The molecule has 0 radical (unpaired) electrons. The van der Waals surface area contributed by atoms with Crippen LogP contribution in [-0.2, 0) is 11.2 Å². The first kappa shape index (κ1) is 18.3. The van der Waals surface area contributed by atoms with Crippen LogP contribution in [0.2, 0.25) is 5.02 Å². The number of aryl methyl sites for hydroxylation is 2. The molecule has 1 saturated heterocycles. The molecule has 144 valence electrons. The maximum absolute atomic E-state index is 6.75. The van der Waals surface area contributed by atoms with Crippen LogP contribution in [-0.4, -0.2) is 43.3 Å². The lowest BCUT2D eigenvalue weighted by Gasteiger charge is -2.34. The SMILES string of the molecule is Cc1cc(N2CCCOCC2c2cc3c(cc2Cl)CCCN3C)nc(N)n1. The highest BCUT2D eigenvalue weighted by molar-refractivity contribution is 6.31. The van der Waals surface area contributed by atoms with Crippen LogP contribution in [0.4, 0.5) is 17.5 Å². The largest absolute Gasteiger partial charge is 0.379 e. The molecule has 2 N–H and O–H groups in total. The smallest absolute Gasteiger partial charge is 0.222 e. The molecule has 7 heteroatoms. The normalized spacial score (nSPS) is 20.3. The predicted molar refractivity (Wildman–Crippen MR) is 110 cm³/mol. The number of hydrogen-bond donors (Lipinski definition) is 1. The van der Waals surface area contributed by atoms with Crippen LogP contribution in [0.3, 0.4) is 0 Å². The van der Waals surface area contributed by atoms with E-state index in [2.05, 4.69) is 38.9 Å². The Kier molecular flexibility index (Phi) is 5.10. The molecule has 1 aromatic carbocycles. The number of anilines is 3. The molecule has 3 heterocycles. The zero-order chi connectivity index (χ0) is 19.0. The Labute approximate surface area is 165 Å². The lowest BCUT2D eigenvalue weighted by atomic mass is 9.96. The number of ether oxygens (including phenoxy) is 1. The average Bonchev–Trinajstić information content (AvgIpc) is 2.86. The van der Waals surface area contributed by atoms with Crippen LogP contribution in [0.5, 0.6) is 0 Å². The van der Waals surface area contributed by atoms with Crippen molar-refractivity contribution in [1.82, 2.24) is 9.97 Å². The minimum atomic E-state index is -0.00525. The van der Waals surface area contributed by atoms with E-state index in [1.807, 2.05) is 13.0 Å². The summed E-state index contributed by atoms with van der Waals surface area (Å²) in [5, 5.41) is 0.795. The molecule has 0 amide bonds. The van der Waals surface area contributed by atoms with E-state index in [9.17, 15) is 0 Å². The second-order valence-corrected chi connectivity index (χ2v) is 7.80. The number of aromatic nitrogens is 2. The van der Waals surface area contributed by atoms with E-state index in [4.69, 9.17) is 22.1 Å². The van der Waals surface area contributed by atoms with Gasteiger partial charge in [-0.2, -0.15) is 4.98 Å². The Bertz CT molecular complexity index is 823. The number of rotatable bonds is 2. The summed E-state index contributed by atoms with van der Waals surface area (Å²) in [4.78, 5) is 13.3. The number of nitrogens with zero attached hydrogens (tertiary/aromatic N) is 4. The van der Waals surface area contributed by atoms with Gasteiger partial charge in [-0.3, -0.25) is 0 Å². The van der Waals surface area contributed by atoms with Gasteiger partial charge in [-0.1, -0.05) is 11.6 Å². The van der Waals surface area contributed by atoms with Crippen LogP contribution < -0.4 is 15.5 Å². The fourth-order valence-corrected chi connectivity index (χ4v) is 4.40. The summed E-state index contributed by atoms with van der Waals surface area (Å²) in [5.41, 5.74) is 10.4. The van der Waals surface area contributed by atoms with Gasteiger partial charge in [0.2, 0.25) is 5.95 Å². The highest BCUT2D eigenvalue weighted by Crippen LogP contribution is 2.38. The zero-order valence-corrected chi connectivity index (χ0v) is 16.7. The van der Waals surface area contributed by atoms with Crippen LogP contribution >= 0.6 is 11.6 Å². The first-order chi connectivity index (χ1) is 13.0. The average molecular weight is 388 g/mol. The molecule has 6 nitrogen and oxygen atoms in total. The third kappa shape index (κ3) is 3.69. The third-order valence-corrected chi connectivity index (χ3v) is 5.73. The molecule has 1 aromatic heterocycles. The van der Waals surface area contributed by atoms with Gasteiger partial charge >= 0.3 is 0 Å². The van der Waals surface area contributed by atoms with Crippen LogP contribution in [0.15, 0.2) is 18.2 Å². The maximum Gasteiger partial charge on any atom is 0.222 e. The Balaban J connectivity index is 1.78. The van der Waals surface area contributed by atoms with Gasteiger partial charge in [-0.15, -0.1) is 0 Å². The number of nitrogen functional groups attached to an aromatic ring is 1. The van der Waals surface area contributed by atoms with Crippen molar-refractivity contribution in [1.29, 1.82) is 0 Å². The van der Waals surface area contributed by atoms with Gasteiger partial charge in [0.15, 0.2) is 0 Å². The van der Waals surface area contributed by atoms with Crippen molar-refractivity contribution in [3.8, 4) is 0 Å². The van der Waals surface area contributed by atoms with Crippen molar-refractivity contribution in [3.63, 3.8) is 0 Å². The molecule has 4 rings (SSSR count). The Hall–Kier alpha value is -2.05. The fourth-order valence-electron chi connectivity index (χ4n) is 4.09. The van der Waals surface area contributed by atoms with Crippen molar-refractivity contribution < 1.29 is 4.74 Å². The summed E-state index contributed by atoms with van der Waals surface area (Å²) in [6.07, 6.45) is 3.17. The first-order valence-electron chi connectivity index (χ1n) is 9.52. The molecule has 2 aliphatic heterocycles. The summed E-state index contributed by atoms with van der Waals surface area (Å²) in [6.45, 7) is 5.15. The second-order valence-electron chi connectivity index (χ2n) is 7.39. The summed E-state index contributed by atoms with van der Waals surface area (Å²) in [7, 11) is 2.14. The number of halogens is 1. The van der Waals surface area contributed by atoms with E-state index < -0.39 is 0 Å². The van der Waals surface area contributed by atoms with E-state index >= 15 is 0 Å². The van der Waals surface area contributed by atoms with Crippen LogP contribution in [0.1, 0.15) is 35.7 Å². The van der Waals surface area contributed by atoms with Gasteiger partial charge in [0.05, 0.1) is 12.6 Å². The summed E-state index contributed by atoms with van der Waals surface area (Å²) in [6, 6.07) is 6.34. The minimum absolute atomic E-state index is 0.00525. The second kappa shape index (κ2) is 7.52. The molecule has 1 fully saturated rings. The van der Waals surface area contributed by atoms with Crippen molar-refractivity contribution in [2.45, 2.75) is 32.2 Å². The lowest BCUT2D eigenvalue weighted by Crippen LogP contribution is -2.32. The molecule has 1 unspecified atom stereocenters. The summed E-state index contributed by atoms with van der Waals surface area (Å²) >= 11 is 6.75. The van der Waals surface area contributed by atoms with Gasteiger partial charge in [-0.05, 0) is 49.4 Å². The third-order valence-electron chi connectivity index (χ3n) is 5.40. The number of nitrogens with two attached hydrogens (primary N) is 1. The van der Waals surface area contributed by atoms with E-state index in [0.29, 0.717) is 12.6 Å². The number of hydrogen-bond acceptors (Lipinski definition) is 6. The quantitative estimate of drug-likeness (QED) is 0.852. The van der Waals surface area contributed by atoms with E-state index in [1.54, 1.807) is 0 Å². The van der Waals surface area contributed by atoms with E-state index in [0.717, 1.165) is 61.1 Å². The van der Waals surface area contributed by atoms with Gasteiger partial charge < -0.3 is 20.3 Å². The lowest BCUT2D eigenvalue weighted by molar-refractivity contribution is 0.134. The van der Waals surface area contributed by atoms with Gasteiger partial charge in [0.1, 0.15) is 5.82 Å². The number of benzene rings is 1. The molecule has 2 aromatic rings. The molecule has 0 bridgehead atoms. The summed E-state index contributed by atoms with van der Waals surface area (Å²) in [5.74, 6) is 1.13. The van der Waals surface area contributed by atoms with Gasteiger partial charge in [0.25, 0.3) is 0 Å². The van der Waals surface area contributed by atoms with Crippen molar-refractivity contribution in [2.75, 3.05) is 48.9 Å². The zero-order valence-electron chi connectivity index (χ0n) is 15.9. The van der Waals surface area contributed by atoms with Gasteiger partial charge in [-0.25, -0.2) is 4.98 Å². The van der Waals surface area contributed by atoms with Crippen LogP contribution in [0.25, 0.3) is 0 Å². The minimum Gasteiger partial charge on any atom is -0.379 e. The van der Waals surface area contributed by atoms with Crippen LogP contribution in [0, 0.1) is 6.92 Å². The number of fused-ring (bicyclic) bond motifs is 1. The maximum atomic E-state index is 6.75. The molecular formula is C20H26ClN5O. The molecule has 27 heavy (non-hydrogen) atoms. The predicted octanol–water partition coefficient (Wildman–Crippen LogP) is 3.37. The topological polar surface area (TPSA) is 67.5 Å². The molecule has 2 aliphatic rings. The molecule has 0 saturated carbocycles. The first-order valence-corrected chi connectivity index (χ1v) is 9.90. The molecular weight excluding hydrogens is 362 g/mol. The van der Waals surface area contributed by atoms with E-state index in [-0.39, 0.29) is 6.04 Å². The highest BCUT2D eigenvalue weighted by atomic mass is 35.5. The van der Waals surface area contributed by atoms with Crippen molar-refractivity contribution >= 4 is 29.1 Å². The Morgan fingerprint density at radius 3 is 2.85 bits per heavy atom. The molecule has 1 atom stereocenters. The standard InChI is InChI=1S/C20H26ClN5O/c1-13-9-19(24-20(22)23-13)26-7-4-8-27-12-18(26)15-11-17-14(10-16(15)21)5-3-6-25(17)2/h9-11,18H,3-8,12H2,1-2H3,(H2,22,23,24). The fraction of sp³-hybridized carbons (Fsp3) is 0.500. The monoisotopic (exact) mass is 387 g/mol. The molecule has 0 spiro atoms. The van der Waals surface area contributed by atoms with Crippen molar-refractivity contribution in [3.05, 3.63) is 40.0 Å². The Morgan fingerprint density at radius 1 is 1.19 bits per heavy atom. The Morgan fingerprint density at radius 2 is 2.04 bits per heavy atom.